The molecule has 158 valence electrons. The van der Waals surface area contributed by atoms with E-state index >= 15 is 0 Å². The predicted molar refractivity (Wildman–Crippen MR) is 92.0 cm³/mol. The third kappa shape index (κ3) is 6.05. The molecular weight excluding hydrogens is 397 g/mol. The molecule has 0 fully saturated rings. The summed E-state index contributed by atoms with van der Waals surface area (Å²) in [5, 5.41) is 20.8. The smallest absolute Gasteiger partial charge is 0.435 e. The number of halogens is 3. The molecule has 0 unspecified atom stereocenters. The van der Waals surface area contributed by atoms with Crippen molar-refractivity contribution in [3.63, 3.8) is 0 Å². The molecule has 2 rings (SSSR count). The minimum absolute atomic E-state index is 0.00571. The molecule has 0 saturated carbocycles. The van der Waals surface area contributed by atoms with Crippen LogP contribution in [0.25, 0.3) is 0 Å². The maximum atomic E-state index is 12.7. The van der Waals surface area contributed by atoms with E-state index in [1.54, 1.807) is 6.92 Å². The molecule has 0 aliphatic carbocycles. The zero-order chi connectivity index (χ0) is 21.6. The zero-order valence-electron chi connectivity index (χ0n) is 15.4. The van der Waals surface area contributed by atoms with Crippen molar-refractivity contribution in [2.45, 2.75) is 32.6 Å². The Morgan fingerprint density at radius 2 is 1.86 bits per heavy atom. The molecule has 0 radical (unpaired) electrons. The number of aryl methyl sites for hydroxylation is 2. The van der Waals surface area contributed by atoms with E-state index in [0.29, 0.717) is 6.07 Å². The number of carboxylic acid groups (broad SMARTS) is 1. The van der Waals surface area contributed by atoms with Gasteiger partial charge in [0.05, 0.1) is 0 Å². The van der Waals surface area contributed by atoms with E-state index in [2.05, 4.69) is 20.8 Å². The number of carboxylic acids is 1. The molecule has 29 heavy (non-hydrogen) atoms. The van der Waals surface area contributed by atoms with Crippen molar-refractivity contribution in [1.29, 1.82) is 0 Å². The summed E-state index contributed by atoms with van der Waals surface area (Å²) >= 11 is 0. The average Bonchev–Trinajstić information content (AvgIpc) is 3.29. The highest BCUT2D eigenvalue weighted by Crippen LogP contribution is 2.28. The molecule has 0 saturated heterocycles. The van der Waals surface area contributed by atoms with Crippen molar-refractivity contribution in [1.82, 2.24) is 30.2 Å². The third-order valence-corrected chi connectivity index (χ3v) is 3.76. The Labute approximate surface area is 162 Å². The Hall–Kier alpha value is -3.38. The molecule has 0 aromatic carbocycles. The van der Waals surface area contributed by atoms with Crippen LogP contribution in [-0.4, -0.2) is 55.5 Å². The van der Waals surface area contributed by atoms with E-state index in [0.717, 1.165) is 4.68 Å². The van der Waals surface area contributed by atoms with E-state index in [9.17, 15) is 27.6 Å². The van der Waals surface area contributed by atoms with Crippen molar-refractivity contribution in [2.75, 3.05) is 13.1 Å². The second-order valence-corrected chi connectivity index (χ2v) is 5.85. The van der Waals surface area contributed by atoms with Crippen LogP contribution < -0.4 is 10.6 Å². The average molecular weight is 416 g/mol. The molecule has 2 amide bonds. The molecule has 3 N–H and O–H groups in total. The van der Waals surface area contributed by atoms with E-state index in [-0.39, 0.29) is 49.9 Å². The van der Waals surface area contributed by atoms with E-state index in [1.807, 2.05) is 0 Å². The Bertz CT molecular complexity index is 890. The number of carbonyl (C=O) groups excluding carboxylic acids is 2. The standard InChI is InChI=1S/C16H19F3N6O4/c1-2-25-11(9-12(23-25)16(17,18)19)14(27)21-6-5-20-13(26)4-8-24-7-3-10(22-24)15(28)29/h3,7,9H,2,4-6,8H2,1H3,(H,20,26)(H,21,27)(H,28,29). The van der Waals surface area contributed by atoms with Gasteiger partial charge in [0.25, 0.3) is 5.91 Å². The van der Waals surface area contributed by atoms with Crippen LogP contribution in [0.2, 0.25) is 0 Å². The highest BCUT2D eigenvalue weighted by atomic mass is 19.4. The number of carbonyl (C=O) groups is 3. The minimum Gasteiger partial charge on any atom is -0.476 e. The van der Waals surface area contributed by atoms with Crippen molar-refractivity contribution >= 4 is 17.8 Å². The van der Waals surface area contributed by atoms with E-state index in [1.165, 1.54) is 16.9 Å². The van der Waals surface area contributed by atoms with E-state index in [4.69, 9.17) is 5.11 Å². The molecule has 0 aliphatic rings. The molecule has 0 spiro atoms. The largest absolute Gasteiger partial charge is 0.476 e. The van der Waals surface area contributed by atoms with Gasteiger partial charge >= 0.3 is 12.1 Å². The summed E-state index contributed by atoms with van der Waals surface area (Å²) < 4.78 is 40.4. The summed E-state index contributed by atoms with van der Waals surface area (Å²) in [5.74, 6) is -2.26. The molecule has 0 bridgehead atoms. The van der Waals surface area contributed by atoms with Gasteiger partial charge in [-0.2, -0.15) is 23.4 Å². The first-order valence-electron chi connectivity index (χ1n) is 8.58. The summed E-state index contributed by atoms with van der Waals surface area (Å²) in [5.41, 5.74) is -1.50. The van der Waals surface area contributed by atoms with Gasteiger partial charge in [0, 0.05) is 44.9 Å². The topological polar surface area (TPSA) is 131 Å². The highest BCUT2D eigenvalue weighted by Gasteiger charge is 2.35. The van der Waals surface area contributed by atoms with Crippen molar-refractivity contribution in [2.24, 2.45) is 0 Å². The van der Waals surface area contributed by atoms with Gasteiger partial charge in [-0.15, -0.1) is 0 Å². The lowest BCUT2D eigenvalue weighted by Gasteiger charge is -2.08. The zero-order valence-corrected chi connectivity index (χ0v) is 15.4. The number of hydrogen-bond acceptors (Lipinski definition) is 5. The second-order valence-electron chi connectivity index (χ2n) is 5.85. The normalized spacial score (nSPS) is 11.3. The third-order valence-electron chi connectivity index (χ3n) is 3.76. The minimum atomic E-state index is -4.65. The lowest BCUT2D eigenvalue weighted by molar-refractivity contribution is -0.141. The van der Waals surface area contributed by atoms with Crippen LogP contribution in [0.3, 0.4) is 0 Å². The van der Waals surface area contributed by atoms with Crippen molar-refractivity contribution in [3.8, 4) is 0 Å². The maximum Gasteiger partial charge on any atom is 0.435 e. The second kappa shape index (κ2) is 9.21. The molecule has 0 atom stereocenters. The fourth-order valence-corrected chi connectivity index (χ4v) is 2.35. The fraction of sp³-hybridized carbons (Fsp3) is 0.438. The molecule has 10 nitrogen and oxygen atoms in total. The van der Waals surface area contributed by atoms with Gasteiger partial charge in [0.2, 0.25) is 5.91 Å². The monoisotopic (exact) mass is 416 g/mol. The fourth-order valence-electron chi connectivity index (χ4n) is 2.35. The summed E-state index contributed by atoms with van der Waals surface area (Å²) in [4.78, 5) is 34.6. The lowest BCUT2D eigenvalue weighted by Crippen LogP contribution is -2.35. The number of rotatable bonds is 9. The Morgan fingerprint density at radius 1 is 1.17 bits per heavy atom. The van der Waals surface area contributed by atoms with E-state index < -0.39 is 23.7 Å². The number of aromatic nitrogens is 4. The van der Waals surface area contributed by atoms with Crippen molar-refractivity contribution in [3.05, 3.63) is 35.4 Å². The summed E-state index contributed by atoms with van der Waals surface area (Å²) in [6, 6.07) is 1.98. The predicted octanol–water partition coefficient (Wildman–Crippen LogP) is 0.753. The first-order valence-corrected chi connectivity index (χ1v) is 8.58. The Morgan fingerprint density at radius 3 is 2.45 bits per heavy atom. The van der Waals surface area contributed by atoms with Gasteiger partial charge in [-0.1, -0.05) is 0 Å². The van der Waals surface area contributed by atoms with Gasteiger partial charge in [0.15, 0.2) is 11.4 Å². The number of nitrogens with one attached hydrogen (secondary N) is 2. The summed E-state index contributed by atoms with van der Waals surface area (Å²) in [6.07, 6.45) is -3.18. The van der Waals surface area contributed by atoms with Gasteiger partial charge in [-0.3, -0.25) is 19.0 Å². The van der Waals surface area contributed by atoms with Crippen LogP contribution in [0.1, 0.15) is 40.0 Å². The van der Waals surface area contributed by atoms with Crippen LogP contribution in [-0.2, 0) is 24.1 Å². The van der Waals surface area contributed by atoms with Crippen molar-refractivity contribution < 1.29 is 32.7 Å². The van der Waals surface area contributed by atoms with Gasteiger partial charge in [-0.25, -0.2) is 4.79 Å². The first-order chi connectivity index (χ1) is 13.6. The number of alkyl halides is 3. The number of hydrogen-bond donors (Lipinski definition) is 3. The number of aromatic carboxylic acids is 1. The van der Waals surface area contributed by atoms with Crippen LogP contribution in [0, 0.1) is 0 Å². The summed E-state index contributed by atoms with van der Waals surface area (Å²) in [6.45, 7) is 1.89. The molecule has 2 heterocycles. The molecule has 2 aromatic rings. The molecule has 0 aliphatic heterocycles. The summed E-state index contributed by atoms with van der Waals surface area (Å²) in [7, 11) is 0. The van der Waals surface area contributed by atoms with Crippen LogP contribution in [0.4, 0.5) is 13.2 Å². The lowest BCUT2D eigenvalue weighted by atomic mass is 10.3. The van der Waals surface area contributed by atoms with Gasteiger partial charge in [-0.05, 0) is 13.0 Å². The van der Waals surface area contributed by atoms with Gasteiger partial charge < -0.3 is 15.7 Å². The maximum absolute atomic E-state index is 12.7. The van der Waals surface area contributed by atoms with Crippen LogP contribution >= 0.6 is 0 Å². The van der Waals surface area contributed by atoms with Crippen LogP contribution in [0.15, 0.2) is 18.3 Å². The van der Waals surface area contributed by atoms with Gasteiger partial charge in [0.1, 0.15) is 5.69 Å². The SMILES string of the molecule is CCn1nc(C(F)(F)F)cc1C(=O)NCCNC(=O)CCn1ccc(C(=O)O)n1. The van der Waals surface area contributed by atoms with Crippen LogP contribution in [0.5, 0.6) is 0 Å². The Kier molecular flexibility index (Phi) is 6.96. The Balaban J connectivity index is 1.75. The molecule has 13 heteroatoms. The highest BCUT2D eigenvalue weighted by molar-refractivity contribution is 5.92. The molecule has 2 aromatic heterocycles. The number of nitrogens with zero attached hydrogens (tertiary/aromatic N) is 4. The first kappa shape index (κ1) is 21.9. The number of amides is 2. The quantitative estimate of drug-likeness (QED) is 0.517. The molecular formula is C16H19F3N6O4.